The van der Waals surface area contributed by atoms with Crippen molar-refractivity contribution in [3.8, 4) is 0 Å². The number of amides is 2. The topological polar surface area (TPSA) is 58.6 Å². The average Bonchev–Trinajstić information content (AvgIpc) is 2.52. The third kappa shape index (κ3) is 1.61. The molecule has 2 heterocycles. The first-order chi connectivity index (χ1) is 7.04. The van der Waals surface area contributed by atoms with Crippen LogP contribution in [0.1, 0.15) is 20.3 Å². The summed E-state index contributed by atoms with van der Waals surface area (Å²) in [5, 5.41) is 2.55. The fraction of sp³-hybridized carbons (Fsp3) is 0.800. The van der Waals surface area contributed by atoms with E-state index in [-0.39, 0.29) is 36.5 Å². The SMILES string of the molecule is CC1OCCC1(C)N1CC(=O)NCC1=O. The van der Waals surface area contributed by atoms with Gasteiger partial charge in [0.25, 0.3) is 0 Å². The molecule has 0 radical (unpaired) electrons. The van der Waals surface area contributed by atoms with Crippen LogP contribution in [-0.2, 0) is 14.3 Å². The normalized spacial score (nSPS) is 36.9. The maximum Gasteiger partial charge on any atom is 0.242 e. The highest BCUT2D eigenvalue weighted by molar-refractivity contribution is 5.93. The van der Waals surface area contributed by atoms with Crippen LogP contribution in [0.3, 0.4) is 0 Å². The first-order valence-electron chi connectivity index (χ1n) is 5.23. The van der Waals surface area contributed by atoms with Gasteiger partial charge in [0.2, 0.25) is 11.8 Å². The average molecular weight is 212 g/mol. The van der Waals surface area contributed by atoms with Gasteiger partial charge in [-0.15, -0.1) is 0 Å². The van der Waals surface area contributed by atoms with Gasteiger partial charge in [0, 0.05) is 6.61 Å². The molecule has 0 aromatic carbocycles. The van der Waals surface area contributed by atoms with Crippen LogP contribution >= 0.6 is 0 Å². The molecule has 0 aliphatic carbocycles. The highest BCUT2D eigenvalue weighted by Gasteiger charge is 2.46. The standard InChI is InChI=1S/C10H16N2O3/c1-7-10(2,3-4-15-7)12-6-8(13)11-5-9(12)14/h7H,3-6H2,1-2H3,(H,11,13). The van der Waals surface area contributed by atoms with Gasteiger partial charge in [-0.25, -0.2) is 0 Å². The largest absolute Gasteiger partial charge is 0.376 e. The van der Waals surface area contributed by atoms with Gasteiger partial charge in [-0.05, 0) is 20.3 Å². The second-order valence-electron chi connectivity index (χ2n) is 4.38. The second-order valence-corrected chi connectivity index (χ2v) is 4.38. The van der Waals surface area contributed by atoms with E-state index in [1.807, 2.05) is 13.8 Å². The molecule has 2 amide bonds. The molecule has 84 valence electrons. The van der Waals surface area contributed by atoms with Crippen LogP contribution in [0.15, 0.2) is 0 Å². The number of nitrogens with zero attached hydrogens (tertiary/aromatic N) is 1. The summed E-state index contributed by atoms with van der Waals surface area (Å²) in [4.78, 5) is 24.7. The lowest BCUT2D eigenvalue weighted by Gasteiger charge is -2.42. The van der Waals surface area contributed by atoms with E-state index < -0.39 is 0 Å². The highest BCUT2D eigenvalue weighted by Crippen LogP contribution is 2.32. The van der Waals surface area contributed by atoms with Crippen LogP contribution in [0.2, 0.25) is 0 Å². The van der Waals surface area contributed by atoms with Crippen LogP contribution in [0, 0.1) is 0 Å². The summed E-state index contributed by atoms with van der Waals surface area (Å²) in [6.07, 6.45) is 0.792. The van der Waals surface area contributed by atoms with Gasteiger partial charge in [0.15, 0.2) is 0 Å². The molecule has 2 unspecified atom stereocenters. The molecule has 2 aliphatic rings. The maximum absolute atomic E-state index is 11.7. The van der Waals surface area contributed by atoms with Crippen molar-refractivity contribution in [2.24, 2.45) is 0 Å². The summed E-state index contributed by atoms with van der Waals surface area (Å²) in [6.45, 7) is 4.86. The van der Waals surface area contributed by atoms with Gasteiger partial charge in [-0.1, -0.05) is 0 Å². The fourth-order valence-corrected chi connectivity index (χ4v) is 2.20. The van der Waals surface area contributed by atoms with Crippen molar-refractivity contribution in [2.45, 2.75) is 31.9 Å². The number of carbonyl (C=O) groups excluding carboxylic acids is 2. The summed E-state index contributed by atoms with van der Waals surface area (Å²) in [7, 11) is 0. The Morgan fingerprint density at radius 2 is 2.27 bits per heavy atom. The van der Waals surface area contributed by atoms with Crippen LogP contribution in [0.25, 0.3) is 0 Å². The van der Waals surface area contributed by atoms with Crippen molar-refractivity contribution in [3.05, 3.63) is 0 Å². The number of hydrogen-bond acceptors (Lipinski definition) is 3. The number of nitrogens with one attached hydrogen (secondary N) is 1. The van der Waals surface area contributed by atoms with Crippen molar-refractivity contribution < 1.29 is 14.3 Å². The second kappa shape index (κ2) is 3.48. The lowest BCUT2D eigenvalue weighted by atomic mass is 9.91. The number of carbonyl (C=O) groups is 2. The molecule has 15 heavy (non-hydrogen) atoms. The van der Waals surface area contributed by atoms with Gasteiger partial charge in [0.1, 0.15) is 6.54 Å². The minimum atomic E-state index is -0.325. The third-order valence-electron chi connectivity index (χ3n) is 3.51. The quantitative estimate of drug-likeness (QED) is 0.638. The maximum atomic E-state index is 11.7. The van der Waals surface area contributed by atoms with Crippen LogP contribution in [0.5, 0.6) is 0 Å². The Balaban J connectivity index is 2.20. The van der Waals surface area contributed by atoms with E-state index >= 15 is 0 Å². The summed E-state index contributed by atoms with van der Waals surface area (Å²) in [6, 6.07) is 0. The Bertz CT molecular complexity index is 305. The molecule has 2 rings (SSSR count). The van der Waals surface area contributed by atoms with E-state index in [1.165, 1.54) is 0 Å². The van der Waals surface area contributed by atoms with Crippen molar-refractivity contribution in [1.82, 2.24) is 10.2 Å². The summed E-state index contributed by atoms with van der Waals surface area (Å²) in [5.41, 5.74) is -0.325. The van der Waals surface area contributed by atoms with Crippen molar-refractivity contribution in [3.63, 3.8) is 0 Å². The molecule has 2 fully saturated rings. The molecule has 2 saturated heterocycles. The Morgan fingerprint density at radius 1 is 1.53 bits per heavy atom. The van der Waals surface area contributed by atoms with E-state index in [0.29, 0.717) is 6.61 Å². The van der Waals surface area contributed by atoms with Gasteiger partial charge < -0.3 is 15.0 Å². The third-order valence-corrected chi connectivity index (χ3v) is 3.51. The van der Waals surface area contributed by atoms with Gasteiger partial charge in [0.05, 0.1) is 18.2 Å². The molecule has 0 saturated carbocycles. The number of piperazine rings is 1. The molecular formula is C10H16N2O3. The lowest BCUT2D eigenvalue weighted by molar-refractivity contribution is -0.148. The predicted molar refractivity (Wildman–Crippen MR) is 53.2 cm³/mol. The Labute approximate surface area is 88.8 Å². The van der Waals surface area contributed by atoms with Crippen molar-refractivity contribution in [1.29, 1.82) is 0 Å². The zero-order valence-electron chi connectivity index (χ0n) is 9.08. The molecule has 1 N–H and O–H groups in total. The van der Waals surface area contributed by atoms with Gasteiger partial charge in [-0.3, -0.25) is 9.59 Å². The van der Waals surface area contributed by atoms with E-state index in [0.717, 1.165) is 6.42 Å². The number of rotatable bonds is 1. The van der Waals surface area contributed by atoms with Gasteiger partial charge in [-0.2, -0.15) is 0 Å². The van der Waals surface area contributed by atoms with E-state index in [2.05, 4.69) is 5.32 Å². The van der Waals surface area contributed by atoms with E-state index in [4.69, 9.17) is 4.74 Å². The highest BCUT2D eigenvalue weighted by atomic mass is 16.5. The minimum Gasteiger partial charge on any atom is -0.376 e. The Hall–Kier alpha value is -1.10. The molecule has 0 aromatic heterocycles. The Morgan fingerprint density at radius 3 is 2.87 bits per heavy atom. The molecule has 5 heteroatoms. The molecule has 5 nitrogen and oxygen atoms in total. The smallest absolute Gasteiger partial charge is 0.242 e. The molecule has 0 spiro atoms. The van der Waals surface area contributed by atoms with E-state index in [9.17, 15) is 9.59 Å². The molecule has 2 atom stereocenters. The first-order valence-corrected chi connectivity index (χ1v) is 5.23. The Kier molecular flexibility index (Phi) is 2.42. The van der Waals surface area contributed by atoms with Gasteiger partial charge >= 0.3 is 0 Å². The monoisotopic (exact) mass is 212 g/mol. The molecular weight excluding hydrogens is 196 g/mol. The van der Waals surface area contributed by atoms with Crippen LogP contribution < -0.4 is 5.32 Å². The zero-order chi connectivity index (χ0) is 11.1. The molecule has 0 bridgehead atoms. The minimum absolute atomic E-state index is 0.00708. The molecule has 2 aliphatic heterocycles. The summed E-state index contributed by atoms with van der Waals surface area (Å²) >= 11 is 0. The summed E-state index contributed by atoms with van der Waals surface area (Å²) < 4.78 is 5.48. The van der Waals surface area contributed by atoms with Crippen LogP contribution in [0.4, 0.5) is 0 Å². The molecule has 0 aromatic rings. The summed E-state index contributed by atoms with van der Waals surface area (Å²) in [5.74, 6) is -0.107. The van der Waals surface area contributed by atoms with Crippen LogP contribution in [-0.4, -0.2) is 48.1 Å². The van der Waals surface area contributed by atoms with E-state index in [1.54, 1.807) is 4.90 Å². The zero-order valence-corrected chi connectivity index (χ0v) is 9.08. The van der Waals surface area contributed by atoms with Crippen molar-refractivity contribution in [2.75, 3.05) is 19.7 Å². The number of hydrogen-bond donors (Lipinski definition) is 1. The number of ether oxygens (including phenoxy) is 1. The lowest BCUT2D eigenvalue weighted by Crippen LogP contribution is -2.62. The predicted octanol–water partition coefficient (Wildman–Crippen LogP) is -0.488. The van der Waals surface area contributed by atoms with Crippen molar-refractivity contribution >= 4 is 11.8 Å². The first kappa shape index (κ1) is 10.4. The fourth-order valence-electron chi connectivity index (χ4n) is 2.20.